The number of carbonyl (C=O) groups is 1. The average Bonchev–Trinajstić information content (AvgIpc) is 2.61. The molecule has 1 aromatic rings. The first kappa shape index (κ1) is 19.9. The summed E-state index contributed by atoms with van der Waals surface area (Å²) in [5, 5.41) is 3.10. The normalized spacial score (nSPS) is 20.4. The van der Waals surface area contributed by atoms with Crippen molar-refractivity contribution in [2.24, 2.45) is 0 Å². The van der Waals surface area contributed by atoms with Crippen molar-refractivity contribution in [3.8, 4) is 0 Å². The van der Waals surface area contributed by atoms with Crippen LogP contribution in [0.15, 0.2) is 24.3 Å². The standard InChI is InChI=1S/C20H33N3O2/c1-16-7-5-6-8-19(16)9-10-21-20(24)18(3)23-12-11-22(13-14-25-4)17(2)15-23/h5-8,17-18H,9-15H2,1-4H3,(H,21,24)/t17-,18+/m0/s1. The molecule has 0 saturated carbocycles. The van der Waals surface area contributed by atoms with Crippen LogP contribution in [0.1, 0.15) is 25.0 Å². The molecule has 1 N–H and O–H groups in total. The van der Waals surface area contributed by atoms with Gasteiger partial charge >= 0.3 is 0 Å². The third-order valence-corrected chi connectivity index (χ3v) is 5.26. The van der Waals surface area contributed by atoms with Crippen molar-refractivity contribution in [3.63, 3.8) is 0 Å². The zero-order valence-corrected chi connectivity index (χ0v) is 16.1. The minimum Gasteiger partial charge on any atom is -0.383 e. The highest BCUT2D eigenvalue weighted by Gasteiger charge is 2.29. The lowest BCUT2D eigenvalue weighted by atomic mass is 10.1. The van der Waals surface area contributed by atoms with Gasteiger partial charge in [0.05, 0.1) is 12.6 Å². The topological polar surface area (TPSA) is 44.8 Å². The number of methoxy groups -OCH3 is 1. The third-order valence-electron chi connectivity index (χ3n) is 5.26. The predicted octanol–water partition coefficient (Wildman–Crippen LogP) is 1.69. The summed E-state index contributed by atoms with van der Waals surface area (Å²) >= 11 is 0. The summed E-state index contributed by atoms with van der Waals surface area (Å²) in [5.41, 5.74) is 2.58. The summed E-state index contributed by atoms with van der Waals surface area (Å²) in [6, 6.07) is 8.72. The molecule has 1 aliphatic rings. The summed E-state index contributed by atoms with van der Waals surface area (Å²) in [5.74, 6) is 0.131. The monoisotopic (exact) mass is 347 g/mol. The number of piperazine rings is 1. The molecule has 25 heavy (non-hydrogen) atoms. The van der Waals surface area contributed by atoms with Crippen LogP contribution in [0.25, 0.3) is 0 Å². The highest BCUT2D eigenvalue weighted by molar-refractivity contribution is 5.81. The first-order valence-electron chi connectivity index (χ1n) is 9.32. The summed E-state index contributed by atoms with van der Waals surface area (Å²) in [7, 11) is 1.74. The molecule has 5 nitrogen and oxygen atoms in total. The Kier molecular flexibility index (Phi) is 7.88. The summed E-state index contributed by atoms with van der Waals surface area (Å²) in [6.45, 7) is 11.6. The van der Waals surface area contributed by atoms with Crippen molar-refractivity contribution in [2.45, 2.75) is 39.3 Å². The fourth-order valence-electron chi connectivity index (χ4n) is 3.44. The molecule has 5 heteroatoms. The van der Waals surface area contributed by atoms with Crippen molar-refractivity contribution in [1.29, 1.82) is 0 Å². The minimum absolute atomic E-state index is 0.0797. The van der Waals surface area contributed by atoms with Crippen LogP contribution in [0.5, 0.6) is 0 Å². The number of rotatable bonds is 8. The van der Waals surface area contributed by atoms with Crippen molar-refractivity contribution < 1.29 is 9.53 Å². The maximum atomic E-state index is 12.5. The van der Waals surface area contributed by atoms with Crippen molar-refractivity contribution in [2.75, 3.05) is 46.4 Å². The SMILES string of the molecule is COCCN1CCN([C@H](C)C(=O)NCCc2ccccc2C)C[C@@H]1C. The van der Waals surface area contributed by atoms with E-state index in [-0.39, 0.29) is 11.9 Å². The van der Waals surface area contributed by atoms with Crippen LogP contribution in [0.2, 0.25) is 0 Å². The maximum Gasteiger partial charge on any atom is 0.237 e. The molecule has 1 fully saturated rings. The van der Waals surface area contributed by atoms with Gasteiger partial charge in [-0.05, 0) is 38.3 Å². The van der Waals surface area contributed by atoms with E-state index in [0.29, 0.717) is 12.6 Å². The molecule has 1 saturated heterocycles. The van der Waals surface area contributed by atoms with Gasteiger partial charge < -0.3 is 10.1 Å². The molecule has 1 heterocycles. The number of amides is 1. The molecule has 2 rings (SSSR count). The molecule has 0 aliphatic carbocycles. The second kappa shape index (κ2) is 9.90. The van der Waals surface area contributed by atoms with E-state index in [0.717, 1.165) is 39.2 Å². The number of benzene rings is 1. The maximum absolute atomic E-state index is 12.5. The molecule has 0 aromatic heterocycles. The molecule has 140 valence electrons. The number of ether oxygens (including phenoxy) is 1. The Morgan fingerprint density at radius 1 is 1.36 bits per heavy atom. The summed E-state index contributed by atoms with van der Waals surface area (Å²) < 4.78 is 5.18. The van der Waals surface area contributed by atoms with Crippen LogP contribution in [-0.2, 0) is 16.0 Å². The molecular formula is C20H33N3O2. The van der Waals surface area contributed by atoms with E-state index in [1.807, 2.05) is 13.0 Å². The van der Waals surface area contributed by atoms with Crippen molar-refractivity contribution >= 4 is 5.91 Å². The van der Waals surface area contributed by atoms with Gasteiger partial charge in [0, 0.05) is 45.9 Å². The Morgan fingerprint density at radius 2 is 2.12 bits per heavy atom. The Hall–Kier alpha value is -1.43. The number of nitrogens with zero attached hydrogens (tertiary/aromatic N) is 2. The smallest absolute Gasteiger partial charge is 0.237 e. The number of hydrogen-bond donors (Lipinski definition) is 1. The summed E-state index contributed by atoms with van der Waals surface area (Å²) in [4.78, 5) is 17.2. The van der Waals surface area contributed by atoms with Crippen LogP contribution in [-0.4, -0.2) is 74.2 Å². The lowest BCUT2D eigenvalue weighted by Crippen LogP contribution is -2.57. The molecule has 1 aromatic carbocycles. The van der Waals surface area contributed by atoms with Crippen LogP contribution in [0.3, 0.4) is 0 Å². The average molecular weight is 348 g/mol. The molecule has 0 radical (unpaired) electrons. The fraction of sp³-hybridized carbons (Fsp3) is 0.650. The quantitative estimate of drug-likeness (QED) is 0.777. The molecular weight excluding hydrogens is 314 g/mol. The van der Waals surface area contributed by atoms with E-state index in [1.54, 1.807) is 7.11 Å². The van der Waals surface area contributed by atoms with E-state index in [2.05, 4.69) is 47.2 Å². The van der Waals surface area contributed by atoms with Crippen molar-refractivity contribution in [1.82, 2.24) is 15.1 Å². The number of nitrogens with one attached hydrogen (secondary N) is 1. The van der Waals surface area contributed by atoms with Gasteiger partial charge in [0.1, 0.15) is 0 Å². The highest BCUT2D eigenvalue weighted by atomic mass is 16.5. The van der Waals surface area contributed by atoms with E-state index in [9.17, 15) is 4.79 Å². The van der Waals surface area contributed by atoms with E-state index >= 15 is 0 Å². The largest absolute Gasteiger partial charge is 0.383 e. The van der Waals surface area contributed by atoms with E-state index in [1.165, 1.54) is 11.1 Å². The van der Waals surface area contributed by atoms with Gasteiger partial charge in [0.15, 0.2) is 0 Å². The van der Waals surface area contributed by atoms with Crippen LogP contribution < -0.4 is 5.32 Å². The van der Waals surface area contributed by atoms with Crippen LogP contribution >= 0.6 is 0 Å². The fourth-order valence-corrected chi connectivity index (χ4v) is 3.44. The van der Waals surface area contributed by atoms with Crippen LogP contribution in [0.4, 0.5) is 0 Å². The zero-order chi connectivity index (χ0) is 18.2. The van der Waals surface area contributed by atoms with Gasteiger partial charge in [0.25, 0.3) is 0 Å². The lowest BCUT2D eigenvalue weighted by molar-refractivity contribution is -0.127. The van der Waals surface area contributed by atoms with Crippen LogP contribution in [0, 0.1) is 6.92 Å². The Morgan fingerprint density at radius 3 is 2.80 bits per heavy atom. The Bertz CT molecular complexity index is 549. The van der Waals surface area contributed by atoms with Gasteiger partial charge in [-0.2, -0.15) is 0 Å². The number of hydrogen-bond acceptors (Lipinski definition) is 4. The third kappa shape index (κ3) is 5.80. The van der Waals surface area contributed by atoms with E-state index in [4.69, 9.17) is 4.74 Å². The Labute approximate surface area is 152 Å². The van der Waals surface area contributed by atoms with E-state index < -0.39 is 0 Å². The predicted molar refractivity (Wildman–Crippen MR) is 102 cm³/mol. The van der Waals surface area contributed by atoms with Gasteiger partial charge in [0.2, 0.25) is 5.91 Å². The lowest BCUT2D eigenvalue weighted by Gasteiger charge is -2.41. The molecule has 2 atom stereocenters. The molecule has 1 aliphatic heterocycles. The van der Waals surface area contributed by atoms with Crippen molar-refractivity contribution in [3.05, 3.63) is 35.4 Å². The highest BCUT2D eigenvalue weighted by Crippen LogP contribution is 2.12. The van der Waals surface area contributed by atoms with Gasteiger partial charge in [-0.3, -0.25) is 14.6 Å². The minimum atomic E-state index is -0.0797. The summed E-state index contributed by atoms with van der Waals surface area (Å²) in [6.07, 6.45) is 0.881. The van der Waals surface area contributed by atoms with Gasteiger partial charge in [-0.15, -0.1) is 0 Å². The first-order valence-corrected chi connectivity index (χ1v) is 9.32. The Balaban J connectivity index is 1.75. The second-order valence-corrected chi connectivity index (χ2v) is 7.02. The molecule has 1 amide bonds. The number of aryl methyl sites for hydroxylation is 1. The van der Waals surface area contributed by atoms with Gasteiger partial charge in [-0.25, -0.2) is 0 Å². The molecule has 0 spiro atoms. The first-order chi connectivity index (χ1) is 12.0. The van der Waals surface area contributed by atoms with Gasteiger partial charge in [-0.1, -0.05) is 24.3 Å². The zero-order valence-electron chi connectivity index (χ0n) is 16.1. The molecule has 0 unspecified atom stereocenters. The second-order valence-electron chi connectivity index (χ2n) is 7.02. The molecule has 0 bridgehead atoms. The number of carbonyl (C=O) groups excluding carboxylic acids is 1.